The zero-order valence-electron chi connectivity index (χ0n) is 21.5. The van der Waals surface area contributed by atoms with Crippen molar-refractivity contribution in [1.82, 2.24) is 39.5 Å². The van der Waals surface area contributed by atoms with Crippen LogP contribution in [0.3, 0.4) is 0 Å². The van der Waals surface area contributed by atoms with Crippen molar-refractivity contribution in [2.24, 2.45) is 7.05 Å². The van der Waals surface area contributed by atoms with Gasteiger partial charge in [0.2, 0.25) is 5.95 Å². The van der Waals surface area contributed by atoms with Gasteiger partial charge in [-0.25, -0.2) is 24.3 Å². The summed E-state index contributed by atoms with van der Waals surface area (Å²) < 4.78 is 16.6. The van der Waals surface area contributed by atoms with Crippen LogP contribution in [0.4, 0.5) is 16.2 Å². The number of piperazine rings is 1. The second-order valence-electron chi connectivity index (χ2n) is 10.5. The van der Waals surface area contributed by atoms with Crippen molar-refractivity contribution in [1.29, 1.82) is 0 Å². The SMILES string of the molecule is CN1CCN(Cc2ccc(Nc3ncc(F)c(-c4cnc5nn(C)c(C(C)(C)C)c5c4)n3)nc2)CC1. The summed E-state index contributed by atoms with van der Waals surface area (Å²) in [7, 11) is 4.05. The lowest BCUT2D eigenvalue weighted by atomic mass is 9.89. The fourth-order valence-corrected chi connectivity index (χ4v) is 4.70. The van der Waals surface area contributed by atoms with Crippen molar-refractivity contribution in [2.45, 2.75) is 32.7 Å². The number of rotatable bonds is 5. The molecule has 188 valence electrons. The van der Waals surface area contributed by atoms with Crippen LogP contribution in [0.25, 0.3) is 22.3 Å². The van der Waals surface area contributed by atoms with Crippen LogP contribution in [0.15, 0.2) is 36.8 Å². The first-order valence-corrected chi connectivity index (χ1v) is 12.2. The van der Waals surface area contributed by atoms with Gasteiger partial charge < -0.3 is 10.2 Å². The Morgan fingerprint density at radius 3 is 2.44 bits per heavy atom. The molecule has 0 bridgehead atoms. The number of fused-ring (bicyclic) bond motifs is 1. The van der Waals surface area contributed by atoms with Crippen LogP contribution >= 0.6 is 0 Å². The van der Waals surface area contributed by atoms with Crippen LogP contribution in [0, 0.1) is 5.82 Å². The molecule has 0 unspecified atom stereocenters. The van der Waals surface area contributed by atoms with Crippen molar-refractivity contribution in [3.63, 3.8) is 0 Å². The highest BCUT2D eigenvalue weighted by Crippen LogP contribution is 2.32. The number of aryl methyl sites for hydroxylation is 1. The van der Waals surface area contributed by atoms with Gasteiger partial charge in [-0.2, -0.15) is 5.10 Å². The quantitative estimate of drug-likeness (QED) is 0.454. The molecule has 0 aromatic carbocycles. The lowest BCUT2D eigenvalue weighted by Gasteiger charge is -2.32. The first-order chi connectivity index (χ1) is 17.2. The molecule has 4 aromatic rings. The van der Waals surface area contributed by atoms with E-state index in [1.165, 1.54) is 6.20 Å². The molecule has 1 saturated heterocycles. The van der Waals surface area contributed by atoms with E-state index < -0.39 is 5.82 Å². The summed E-state index contributed by atoms with van der Waals surface area (Å²) in [5.41, 5.74) is 3.40. The van der Waals surface area contributed by atoms with Gasteiger partial charge in [-0.15, -0.1) is 0 Å². The van der Waals surface area contributed by atoms with E-state index >= 15 is 0 Å². The first-order valence-electron chi connectivity index (χ1n) is 12.2. The number of hydrogen-bond donors (Lipinski definition) is 1. The van der Waals surface area contributed by atoms with Gasteiger partial charge in [-0.1, -0.05) is 26.8 Å². The van der Waals surface area contributed by atoms with Crippen LogP contribution in [0.1, 0.15) is 32.0 Å². The highest BCUT2D eigenvalue weighted by Gasteiger charge is 2.24. The summed E-state index contributed by atoms with van der Waals surface area (Å²) in [6.45, 7) is 11.5. The van der Waals surface area contributed by atoms with E-state index in [2.05, 4.69) is 68.0 Å². The molecule has 1 aliphatic rings. The summed E-state index contributed by atoms with van der Waals surface area (Å²) in [6, 6.07) is 5.85. The van der Waals surface area contributed by atoms with E-state index in [-0.39, 0.29) is 17.1 Å². The van der Waals surface area contributed by atoms with E-state index in [1.54, 1.807) is 6.20 Å². The predicted octanol–water partition coefficient (Wildman–Crippen LogP) is 3.75. The molecule has 0 radical (unpaired) electrons. The summed E-state index contributed by atoms with van der Waals surface area (Å²) in [4.78, 5) is 22.3. The second-order valence-corrected chi connectivity index (χ2v) is 10.5. The van der Waals surface area contributed by atoms with Crippen molar-refractivity contribution in [3.05, 3.63) is 53.9 Å². The molecule has 0 atom stereocenters. The third-order valence-corrected chi connectivity index (χ3v) is 6.48. The zero-order valence-corrected chi connectivity index (χ0v) is 21.5. The molecule has 36 heavy (non-hydrogen) atoms. The van der Waals surface area contributed by atoms with Crippen molar-refractivity contribution < 1.29 is 4.39 Å². The minimum absolute atomic E-state index is 0.150. The molecule has 0 aliphatic carbocycles. The topological polar surface area (TPSA) is 87.9 Å². The maximum absolute atomic E-state index is 14.8. The van der Waals surface area contributed by atoms with Gasteiger partial charge in [0, 0.05) is 68.5 Å². The van der Waals surface area contributed by atoms with E-state index in [9.17, 15) is 4.39 Å². The molecule has 4 aromatic heterocycles. The predicted molar refractivity (Wildman–Crippen MR) is 138 cm³/mol. The smallest absolute Gasteiger partial charge is 0.229 e. The van der Waals surface area contributed by atoms with E-state index in [0.717, 1.165) is 49.4 Å². The Hall–Kier alpha value is -3.50. The van der Waals surface area contributed by atoms with Crippen molar-refractivity contribution >= 4 is 22.8 Å². The number of nitrogens with zero attached hydrogens (tertiary/aromatic N) is 8. The van der Waals surface area contributed by atoms with Crippen LogP contribution in [0.2, 0.25) is 0 Å². The molecule has 10 heteroatoms. The average molecular weight is 490 g/mol. The second kappa shape index (κ2) is 9.51. The number of anilines is 2. The molecule has 5 heterocycles. The molecule has 1 fully saturated rings. The highest BCUT2D eigenvalue weighted by molar-refractivity contribution is 5.83. The van der Waals surface area contributed by atoms with Crippen molar-refractivity contribution in [3.8, 4) is 11.3 Å². The lowest BCUT2D eigenvalue weighted by Crippen LogP contribution is -2.43. The maximum Gasteiger partial charge on any atom is 0.229 e. The molecule has 1 aliphatic heterocycles. The third-order valence-electron chi connectivity index (χ3n) is 6.48. The van der Waals surface area contributed by atoms with Crippen LogP contribution in [-0.2, 0) is 19.0 Å². The number of likely N-dealkylation sites (N-methyl/N-ethyl adjacent to an activating group) is 1. The molecule has 9 nitrogen and oxygen atoms in total. The number of pyridine rings is 2. The van der Waals surface area contributed by atoms with Gasteiger partial charge in [0.05, 0.1) is 11.9 Å². The Labute approximate surface area is 210 Å². The van der Waals surface area contributed by atoms with E-state index in [0.29, 0.717) is 17.0 Å². The Bertz CT molecular complexity index is 1370. The molecule has 5 rings (SSSR count). The number of halogens is 1. The average Bonchev–Trinajstić information content (AvgIpc) is 3.18. The first kappa shape index (κ1) is 24.2. The van der Waals surface area contributed by atoms with E-state index in [4.69, 9.17) is 0 Å². The van der Waals surface area contributed by atoms with Gasteiger partial charge in [-0.05, 0) is 24.7 Å². The number of hydrogen-bond acceptors (Lipinski definition) is 8. The third kappa shape index (κ3) is 5.05. The largest absolute Gasteiger partial charge is 0.309 e. The summed E-state index contributed by atoms with van der Waals surface area (Å²) >= 11 is 0. The normalized spacial score (nSPS) is 15.5. The number of nitrogens with one attached hydrogen (secondary N) is 1. The zero-order chi connectivity index (χ0) is 25.4. The highest BCUT2D eigenvalue weighted by atomic mass is 19.1. The summed E-state index contributed by atoms with van der Waals surface area (Å²) in [5.74, 6) is 0.358. The number of aromatic nitrogens is 6. The monoisotopic (exact) mass is 489 g/mol. The molecule has 0 amide bonds. The summed E-state index contributed by atoms with van der Waals surface area (Å²) in [5, 5.41) is 8.49. The fourth-order valence-electron chi connectivity index (χ4n) is 4.70. The molecule has 1 N–H and O–H groups in total. The molecule has 0 saturated carbocycles. The van der Waals surface area contributed by atoms with Gasteiger partial charge in [0.25, 0.3) is 0 Å². The minimum Gasteiger partial charge on any atom is -0.309 e. The lowest BCUT2D eigenvalue weighted by molar-refractivity contribution is 0.148. The van der Waals surface area contributed by atoms with Crippen LogP contribution < -0.4 is 5.32 Å². The maximum atomic E-state index is 14.8. The molecular weight excluding hydrogens is 457 g/mol. The van der Waals surface area contributed by atoms with Gasteiger partial charge >= 0.3 is 0 Å². The molecular formula is C26H32FN9. The minimum atomic E-state index is -0.515. The van der Waals surface area contributed by atoms with Gasteiger partial charge in [0.15, 0.2) is 11.5 Å². The fraction of sp³-hybridized carbons (Fsp3) is 0.423. The van der Waals surface area contributed by atoms with Crippen LogP contribution in [0.5, 0.6) is 0 Å². The summed E-state index contributed by atoms with van der Waals surface area (Å²) in [6.07, 6.45) is 4.63. The van der Waals surface area contributed by atoms with Crippen LogP contribution in [-0.4, -0.2) is 72.7 Å². The Kier molecular flexibility index (Phi) is 6.40. The Morgan fingerprint density at radius 1 is 0.972 bits per heavy atom. The standard InChI is InChI=1S/C26H32FN9/c1-26(2,3)23-19-12-18(14-29-24(19)33-35(23)5)22-20(27)15-30-25(32-22)31-21-7-6-17(13-28-21)16-36-10-8-34(4)9-11-36/h6-7,12-15H,8-11,16H2,1-5H3,(H,28,30,31,32). The Balaban J connectivity index is 1.36. The van der Waals surface area contributed by atoms with Gasteiger partial charge in [-0.3, -0.25) is 9.58 Å². The Morgan fingerprint density at radius 2 is 1.75 bits per heavy atom. The molecule has 0 spiro atoms. The van der Waals surface area contributed by atoms with Crippen molar-refractivity contribution in [2.75, 3.05) is 38.5 Å². The van der Waals surface area contributed by atoms with E-state index in [1.807, 2.05) is 36.1 Å². The van der Waals surface area contributed by atoms with Gasteiger partial charge in [0.1, 0.15) is 11.5 Å².